The van der Waals surface area contributed by atoms with Crippen LogP contribution in [0.5, 0.6) is 0 Å². The number of nitrogens with zero attached hydrogens (tertiary/aromatic N) is 1. The quantitative estimate of drug-likeness (QED) is 0.737. The van der Waals surface area contributed by atoms with Crippen molar-refractivity contribution in [3.63, 3.8) is 0 Å². The lowest BCUT2D eigenvalue weighted by molar-refractivity contribution is 0.601. The predicted molar refractivity (Wildman–Crippen MR) is 108 cm³/mol. The normalized spacial score (nSPS) is 12.0. The minimum absolute atomic E-state index is 0.0264. The Bertz CT molecular complexity index is 899. The van der Waals surface area contributed by atoms with Gasteiger partial charge in [-0.3, -0.25) is 0 Å². The molecule has 7 heteroatoms. The van der Waals surface area contributed by atoms with Gasteiger partial charge in [0.25, 0.3) is 0 Å². The number of nitrogens with one attached hydrogen (secondary N) is 2. The highest BCUT2D eigenvalue weighted by Crippen LogP contribution is 2.19. The molecule has 5 nitrogen and oxygen atoms in total. The maximum absolute atomic E-state index is 11.6. The van der Waals surface area contributed by atoms with Crippen molar-refractivity contribution in [2.24, 2.45) is 0 Å². The molecule has 0 unspecified atom stereocenters. The SMILES string of the molecule is CC[C@@H](NC(=S)Nc1ccc(CC#N)cc1)c1ccc(S(C)(=O)=O)cc1. The van der Waals surface area contributed by atoms with E-state index < -0.39 is 9.84 Å². The van der Waals surface area contributed by atoms with Gasteiger partial charge < -0.3 is 10.6 Å². The van der Waals surface area contributed by atoms with Crippen LogP contribution in [0.15, 0.2) is 53.4 Å². The smallest absolute Gasteiger partial charge is 0.175 e. The van der Waals surface area contributed by atoms with Gasteiger partial charge in [-0.1, -0.05) is 31.2 Å². The first-order chi connectivity index (χ1) is 12.3. The highest BCUT2D eigenvalue weighted by atomic mass is 32.2. The van der Waals surface area contributed by atoms with Gasteiger partial charge in [-0.05, 0) is 54.0 Å². The first kappa shape index (κ1) is 19.9. The molecule has 0 aliphatic heterocycles. The molecule has 2 rings (SSSR count). The Balaban J connectivity index is 2.02. The average Bonchev–Trinajstić information content (AvgIpc) is 2.61. The molecular weight excluding hydrogens is 366 g/mol. The number of anilines is 1. The molecule has 0 fully saturated rings. The summed E-state index contributed by atoms with van der Waals surface area (Å²) >= 11 is 5.38. The van der Waals surface area contributed by atoms with E-state index in [1.807, 2.05) is 31.2 Å². The van der Waals surface area contributed by atoms with E-state index in [0.29, 0.717) is 16.4 Å². The second-order valence-electron chi connectivity index (χ2n) is 5.93. The summed E-state index contributed by atoms with van der Waals surface area (Å²) in [6.07, 6.45) is 2.37. The lowest BCUT2D eigenvalue weighted by Gasteiger charge is -2.20. The van der Waals surface area contributed by atoms with Gasteiger partial charge >= 0.3 is 0 Å². The first-order valence-electron chi connectivity index (χ1n) is 8.17. The number of hydrogen-bond donors (Lipinski definition) is 2. The zero-order valence-electron chi connectivity index (χ0n) is 14.7. The second kappa shape index (κ2) is 8.79. The maximum atomic E-state index is 11.6. The van der Waals surface area contributed by atoms with Gasteiger partial charge in [-0.2, -0.15) is 5.26 Å². The Morgan fingerprint density at radius 2 is 1.77 bits per heavy atom. The van der Waals surface area contributed by atoms with Crippen LogP contribution in [0.25, 0.3) is 0 Å². The van der Waals surface area contributed by atoms with E-state index in [-0.39, 0.29) is 6.04 Å². The highest BCUT2D eigenvalue weighted by molar-refractivity contribution is 7.90. The van der Waals surface area contributed by atoms with Crippen LogP contribution in [0.1, 0.15) is 30.5 Å². The van der Waals surface area contributed by atoms with Crippen LogP contribution >= 0.6 is 12.2 Å². The topological polar surface area (TPSA) is 82.0 Å². The van der Waals surface area contributed by atoms with Gasteiger partial charge in [0.15, 0.2) is 14.9 Å². The van der Waals surface area contributed by atoms with Crippen molar-refractivity contribution in [1.82, 2.24) is 5.32 Å². The number of nitriles is 1. The third-order valence-corrected chi connectivity index (χ3v) is 5.27. The van der Waals surface area contributed by atoms with Crippen molar-refractivity contribution in [1.29, 1.82) is 5.26 Å². The summed E-state index contributed by atoms with van der Waals surface area (Å²) in [7, 11) is -3.20. The molecule has 0 aromatic heterocycles. The summed E-state index contributed by atoms with van der Waals surface area (Å²) in [5.74, 6) is 0. The van der Waals surface area contributed by atoms with Gasteiger partial charge in [0, 0.05) is 11.9 Å². The Hall–Kier alpha value is -2.43. The monoisotopic (exact) mass is 387 g/mol. The number of benzene rings is 2. The van der Waals surface area contributed by atoms with Crippen LogP contribution in [0.2, 0.25) is 0 Å². The number of sulfone groups is 1. The molecule has 0 amide bonds. The van der Waals surface area contributed by atoms with Crippen molar-refractivity contribution in [3.8, 4) is 6.07 Å². The Morgan fingerprint density at radius 1 is 1.15 bits per heavy atom. The minimum atomic E-state index is -3.20. The molecule has 0 aliphatic carbocycles. The fourth-order valence-corrected chi connectivity index (χ4v) is 3.38. The fourth-order valence-electron chi connectivity index (χ4n) is 2.49. The molecule has 2 N–H and O–H groups in total. The number of rotatable bonds is 6. The zero-order valence-corrected chi connectivity index (χ0v) is 16.3. The van der Waals surface area contributed by atoms with Crippen molar-refractivity contribution in [2.75, 3.05) is 11.6 Å². The van der Waals surface area contributed by atoms with E-state index in [9.17, 15) is 8.42 Å². The van der Waals surface area contributed by atoms with Crippen LogP contribution in [0.4, 0.5) is 5.69 Å². The molecule has 0 spiro atoms. The summed E-state index contributed by atoms with van der Waals surface area (Å²) < 4.78 is 23.1. The van der Waals surface area contributed by atoms with Gasteiger partial charge in [-0.15, -0.1) is 0 Å². The van der Waals surface area contributed by atoms with Crippen LogP contribution in [-0.2, 0) is 16.3 Å². The Morgan fingerprint density at radius 3 is 2.27 bits per heavy atom. The maximum Gasteiger partial charge on any atom is 0.175 e. The summed E-state index contributed by atoms with van der Waals surface area (Å²) in [5.41, 5.74) is 2.76. The van der Waals surface area contributed by atoms with Gasteiger partial charge in [-0.25, -0.2) is 8.42 Å². The largest absolute Gasteiger partial charge is 0.356 e. The van der Waals surface area contributed by atoms with Gasteiger partial charge in [0.05, 0.1) is 23.4 Å². The van der Waals surface area contributed by atoms with E-state index in [1.165, 1.54) is 6.26 Å². The lowest BCUT2D eigenvalue weighted by atomic mass is 10.1. The van der Waals surface area contributed by atoms with E-state index in [4.69, 9.17) is 17.5 Å². The average molecular weight is 388 g/mol. The first-order valence-corrected chi connectivity index (χ1v) is 10.5. The molecule has 0 heterocycles. The number of hydrogen-bond acceptors (Lipinski definition) is 4. The Labute approximate surface area is 160 Å². The fraction of sp³-hybridized carbons (Fsp3) is 0.263. The van der Waals surface area contributed by atoms with E-state index in [2.05, 4.69) is 16.7 Å². The molecule has 136 valence electrons. The molecule has 0 saturated carbocycles. The van der Waals surface area contributed by atoms with Crippen LogP contribution in [0.3, 0.4) is 0 Å². The summed E-state index contributed by atoms with van der Waals surface area (Å²) in [5, 5.41) is 15.6. The molecule has 0 saturated heterocycles. The van der Waals surface area contributed by atoms with Gasteiger partial charge in [0.1, 0.15) is 0 Å². The lowest BCUT2D eigenvalue weighted by Crippen LogP contribution is -2.32. The summed E-state index contributed by atoms with van der Waals surface area (Å²) in [6.45, 7) is 2.03. The van der Waals surface area contributed by atoms with Crippen LogP contribution in [0, 0.1) is 11.3 Å². The summed E-state index contributed by atoms with van der Waals surface area (Å²) in [6, 6.07) is 16.4. The number of thiocarbonyl (C=S) groups is 1. The van der Waals surface area contributed by atoms with Crippen molar-refractivity contribution in [3.05, 3.63) is 59.7 Å². The van der Waals surface area contributed by atoms with Gasteiger partial charge in [0.2, 0.25) is 0 Å². The molecule has 2 aromatic rings. The van der Waals surface area contributed by atoms with Crippen molar-refractivity contribution < 1.29 is 8.42 Å². The standard InChI is InChI=1S/C19H21N3O2S2/c1-3-18(15-6-10-17(11-7-15)26(2,23)24)22-19(25)21-16-8-4-14(5-9-16)12-13-20/h4-11,18H,3,12H2,1-2H3,(H2,21,22,25)/t18-/m1/s1. The van der Waals surface area contributed by atoms with Crippen molar-refractivity contribution in [2.45, 2.75) is 30.7 Å². The highest BCUT2D eigenvalue weighted by Gasteiger charge is 2.13. The van der Waals surface area contributed by atoms with E-state index >= 15 is 0 Å². The second-order valence-corrected chi connectivity index (χ2v) is 8.36. The van der Waals surface area contributed by atoms with Crippen LogP contribution < -0.4 is 10.6 Å². The molecule has 0 aliphatic rings. The predicted octanol–water partition coefficient (Wildman–Crippen LogP) is 3.59. The zero-order chi connectivity index (χ0) is 19.2. The molecule has 1 atom stereocenters. The molecule has 2 aromatic carbocycles. The minimum Gasteiger partial charge on any atom is -0.356 e. The molecular formula is C19H21N3O2S2. The Kier molecular flexibility index (Phi) is 6.72. The van der Waals surface area contributed by atoms with E-state index in [1.54, 1.807) is 24.3 Å². The molecule has 26 heavy (non-hydrogen) atoms. The third-order valence-electron chi connectivity index (χ3n) is 3.92. The third kappa shape index (κ3) is 5.55. The van der Waals surface area contributed by atoms with E-state index in [0.717, 1.165) is 23.2 Å². The molecule has 0 radical (unpaired) electrons. The molecule has 0 bridgehead atoms. The van der Waals surface area contributed by atoms with Crippen LogP contribution in [-0.4, -0.2) is 19.8 Å². The van der Waals surface area contributed by atoms with Crippen molar-refractivity contribution >= 4 is 32.9 Å². The summed E-state index contributed by atoms with van der Waals surface area (Å²) in [4.78, 5) is 0.300.